The van der Waals surface area contributed by atoms with E-state index in [4.69, 9.17) is 0 Å². The van der Waals surface area contributed by atoms with Crippen LogP contribution in [-0.4, -0.2) is 23.0 Å². The number of nitrogens with one attached hydrogen (secondary N) is 2. The first-order valence-electron chi connectivity index (χ1n) is 15.9. The number of nitrogens with zero attached hydrogens (tertiary/aromatic N) is 1. The number of rotatable bonds is 3. The highest BCUT2D eigenvalue weighted by Gasteiger charge is 2.38. The van der Waals surface area contributed by atoms with Gasteiger partial charge in [0.2, 0.25) is 0 Å². The minimum absolute atomic E-state index is 0.0470. The molecule has 4 aromatic rings. The van der Waals surface area contributed by atoms with Gasteiger partial charge in [0.1, 0.15) is 0 Å². The Morgan fingerprint density at radius 3 is 2.17 bits per heavy atom. The molecule has 2 atom stereocenters. The second-order valence-electron chi connectivity index (χ2n) is 12.7. The molecule has 1 aliphatic heterocycles. The highest BCUT2D eigenvalue weighted by atomic mass is 19.4. The van der Waals surface area contributed by atoms with E-state index in [9.17, 15) is 31.1 Å². The average molecular weight is 650 g/mol. The number of urea groups is 1. The third-order valence-electron chi connectivity index (χ3n) is 9.66. The summed E-state index contributed by atoms with van der Waals surface area (Å²) < 4.78 is 80.5. The molecule has 0 bridgehead atoms. The maximum absolute atomic E-state index is 13.4. The molecular weight excluding hydrogens is 616 g/mol. The van der Waals surface area contributed by atoms with Crippen LogP contribution >= 0.6 is 0 Å². The Balaban J connectivity index is 1.21. The van der Waals surface area contributed by atoms with Crippen molar-refractivity contribution in [3.8, 4) is 11.1 Å². The summed E-state index contributed by atoms with van der Waals surface area (Å²) in [6, 6.07) is 16.9. The molecule has 0 radical (unpaired) electrons. The third kappa shape index (κ3) is 6.23. The zero-order valence-electron chi connectivity index (χ0n) is 25.4. The summed E-state index contributed by atoms with van der Waals surface area (Å²) in [5, 5.41) is 7.50. The number of carbonyl (C=O) groups excluding carboxylic acids is 1. The van der Waals surface area contributed by atoms with E-state index in [-0.39, 0.29) is 18.2 Å². The van der Waals surface area contributed by atoms with Gasteiger partial charge in [-0.2, -0.15) is 26.3 Å². The van der Waals surface area contributed by atoms with Gasteiger partial charge < -0.3 is 10.6 Å². The van der Waals surface area contributed by atoms with Crippen molar-refractivity contribution >= 4 is 28.6 Å². The number of fused-ring (bicyclic) bond motifs is 7. The number of carbonyl (C=O) groups is 1. The monoisotopic (exact) mass is 649 g/mol. The lowest BCUT2D eigenvalue weighted by Gasteiger charge is -2.40. The van der Waals surface area contributed by atoms with Crippen molar-refractivity contribution in [3.05, 3.63) is 106 Å². The van der Waals surface area contributed by atoms with Crippen LogP contribution in [0.15, 0.2) is 72.8 Å². The first kappa shape index (κ1) is 31.3. The van der Waals surface area contributed by atoms with Crippen LogP contribution in [0.5, 0.6) is 0 Å². The van der Waals surface area contributed by atoms with E-state index in [0.29, 0.717) is 31.6 Å². The van der Waals surface area contributed by atoms with Gasteiger partial charge in [0.25, 0.3) is 0 Å². The summed E-state index contributed by atoms with van der Waals surface area (Å²) >= 11 is 0. The Morgan fingerprint density at radius 1 is 0.766 bits per heavy atom. The number of amides is 2. The summed E-state index contributed by atoms with van der Waals surface area (Å²) in [5.41, 5.74) is 3.83. The Kier molecular flexibility index (Phi) is 8.02. The van der Waals surface area contributed by atoms with Crippen LogP contribution in [-0.2, 0) is 31.9 Å². The average Bonchev–Trinajstić information content (AvgIpc) is 3.21. The molecular formula is C37H33F6N3O. The summed E-state index contributed by atoms with van der Waals surface area (Å²) in [6.07, 6.45) is -0.403. The SMILES string of the molecule is O=C(Nc1cc(C(F)(F)F)cc(C(F)(F)F)c1)N[C@H]1CCCC[C@@H]1N1Cc2ccc3c(c2-c2c(ccc4ccccc24)C1)C=CCC3. The van der Waals surface area contributed by atoms with Crippen molar-refractivity contribution in [2.24, 2.45) is 0 Å². The van der Waals surface area contributed by atoms with Crippen LogP contribution in [0.3, 0.4) is 0 Å². The number of halogens is 6. The fourth-order valence-electron chi connectivity index (χ4n) is 7.53. The van der Waals surface area contributed by atoms with E-state index < -0.39 is 35.2 Å². The molecule has 1 heterocycles. The topological polar surface area (TPSA) is 44.4 Å². The van der Waals surface area contributed by atoms with Crippen LogP contribution in [0.25, 0.3) is 28.0 Å². The molecule has 1 saturated carbocycles. The fraction of sp³-hybridized carbons (Fsp3) is 0.324. The van der Waals surface area contributed by atoms with E-state index in [0.717, 1.165) is 37.5 Å². The van der Waals surface area contributed by atoms with E-state index in [2.05, 4.69) is 70.2 Å². The molecule has 7 rings (SSSR count). The summed E-state index contributed by atoms with van der Waals surface area (Å²) in [4.78, 5) is 15.6. The second kappa shape index (κ2) is 12.0. The number of aryl methyl sites for hydroxylation is 1. The van der Waals surface area contributed by atoms with E-state index >= 15 is 0 Å². The van der Waals surface area contributed by atoms with Crippen LogP contribution in [0.4, 0.5) is 36.8 Å². The van der Waals surface area contributed by atoms with Crippen LogP contribution in [0.2, 0.25) is 0 Å². The molecule has 47 heavy (non-hydrogen) atoms. The second-order valence-corrected chi connectivity index (χ2v) is 12.7. The van der Waals surface area contributed by atoms with Gasteiger partial charge in [-0.1, -0.05) is 73.5 Å². The number of allylic oxidation sites excluding steroid dienone is 1. The molecule has 0 spiro atoms. The number of benzene rings is 4. The molecule has 0 unspecified atom stereocenters. The number of hydrogen-bond acceptors (Lipinski definition) is 2. The standard InChI is InChI=1S/C37H33F6N3O/c38-36(39,40)26-17-27(37(41,42)43)19-28(18-26)44-35(47)45-31-11-5-6-12-32(31)46-20-24-15-13-22-7-1-3-9-29(22)33(24)34-25(21-46)16-14-23-8-2-4-10-30(23)34/h1,3-4,7,9-10,13-19,31-32H,2,5-6,8,11-12,20-21H2,(H2,44,45,47)/t31-,32-/m0/s1. The summed E-state index contributed by atoms with van der Waals surface area (Å²) in [5.74, 6) is 0. The van der Waals surface area contributed by atoms with Gasteiger partial charge in [-0.3, -0.25) is 4.90 Å². The van der Waals surface area contributed by atoms with E-state index in [1.807, 2.05) is 6.07 Å². The molecule has 2 N–H and O–H groups in total. The normalized spacial score (nSPS) is 19.8. The Bertz CT molecular complexity index is 1850. The van der Waals surface area contributed by atoms with Crippen LogP contribution in [0, 0.1) is 0 Å². The van der Waals surface area contributed by atoms with Crippen molar-refractivity contribution in [2.75, 3.05) is 5.32 Å². The van der Waals surface area contributed by atoms with Crippen molar-refractivity contribution in [3.63, 3.8) is 0 Å². The third-order valence-corrected chi connectivity index (χ3v) is 9.66. The van der Waals surface area contributed by atoms with Gasteiger partial charge in [0, 0.05) is 30.9 Å². The molecule has 2 aliphatic carbocycles. The molecule has 0 saturated heterocycles. The number of anilines is 1. The van der Waals surface area contributed by atoms with Crippen molar-refractivity contribution < 1.29 is 31.1 Å². The molecule has 0 aromatic heterocycles. The molecule has 4 aromatic carbocycles. The van der Waals surface area contributed by atoms with Gasteiger partial charge in [-0.25, -0.2) is 4.79 Å². The minimum Gasteiger partial charge on any atom is -0.334 e. The van der Waals surface area contributed by atoms with Crippen molar-refractivity contribution in [1.29, 1.82) is 0 Å². The zero-order valence-corrected chi connectivity index (χ0v) is 25.4. The van der Waals surface area contributed by atoms with Gasteiger partial charge in [0.15, 0.2) is 0 Å². The van der Waals surface area contributed by atoms with Gasteiger partial charge in [-0.05, 0) is 88.0 Å². The zero-order chi connectivity index (χ0) is 32.9. The number of alkyl halides is 6. The van der Waals surface area contributed by atoms with Gasteiger partial charge >= 0.3 is 18.4 Å². The highest BCUT2D eigenvalue weighted by Crippen LogP contribution is 2.44. The number of hydrogen-bond donors (Lipinski definition) is 2. The predicted molar refractivity (Wildman–Crippen MR) is 171 cm³/mol. The Morgan fingerprint density at radius 2 is 1.43 bits per heavy atom. The fourth-order valence-corrected chi connectivity index (χ4v) is 7.53. The van der Waals surface area contributed by atoms with Crippen LogP contribution in [0.1, 0.15) is 65.5 Å². The maximum Gasteiger partial charge on any atom is 0.416 e. The minimum atomic E-state index is -5.01. The van der Waals surface area contributed by atoms with Gasteiger partial charge in [0.05, 0.1) is 11.1 Å². The quantitative estimate of drug-likeness (QED) is 0.217. The molecule has 10 heteroatoms. The maximum atomic E-state index is 13.4. The smallest absolute Gasteiger partial charge is 0.334 e. The first-order chi connectivity index (χ1) is 22.5. The summed E-state index contributed by atoms with van der Waals surface area (Å²) in [7, 11) is 0. The molecule has 244 valence electrons. The Hall–Kier alpha value is -4.31. The highest BCUT2D eigenvalue weighted by molar-refractivity contribution is 6.01. The lowest BCUT2D eigenvalue weighted by molar-refractivity contribution is -0.143. The van der Waals surface area contributed by atoms with Crippen molar-refractivity contribution in [1.82, 2.24) is 10.2 Å². The molecule has 4 nitrogen and oxygen atoms in total. The summed E-state index contributed by atoms with van der Waals surface area (Å²) in [6.45, 7) is 1.26. The molecule has 2 amide bonds. The first-order valence-corrected chi connectivity index (χ1v) is 15.9. The lowest BCUT2D eigenvalue weighted by Crippen LogP contribution is -2.53. The Labute approximate surface area is 268 Å². The van der Waals surface area contributed by atoms with E-state index in [1.54, 1.807) is 0 Å². The lowest BCUT2D eigenvalue weighted by atomic mass is 9.84. The largest absolute Gasteiger partial charge is 0.416 e. The van der Waals surface area contributed by atoms with Crippen LogP contribution < -0.4 is 10.6 Å². The van der Waals surface area contributed by atoms with Gasteiger partial charge in [-0.15, -0.1) is 0 Å². The molecule has 1 fully saturated rings. The molecule has 3 aliphatic rings. The van der Waals surface area contributed by atoms with Crippen molar-refractivity contribution in [2.45, 2.75) is 76.1 Å². The van der Waals surface area contributed by atoms with E-state index in [1.165, 1.54) is 38.8 Å². The predicted octanol–water partition coefficient (Wildman–Crippen LogP) is 9.95.